The first-order valence-corrected chi connectivity index (χ1v) is 10.7. The summed E-state index contributed by atoms with van der Waals surface area (Å²) in [6.45, 7) is 15.6. The van der Waals surface area contributed by atoms with E-state index in [0.29, 0.717) is 23.7 Å². The van der Waals surface area contributed by atoms with Crippen LogP contribution in [0, 0.1) is 60.2 Å². The molecule has 2 heteroatoms. The van der Waals surface area contributed by atoms with Gasteiger partial charge in [0.05, 0.1) is 6.61 Å². The Hall–Kier alpha value is -2.29. The molecular formula is C28H38O2. The van der Waals surface area contributed by atoms with E-state index >= 15 is 0 Å². The van der Waals surface area contributed by atoms with Crippen LogP contribution in [0.3, 0.4) is 0 Å². The van der Waals surface area contributed by atoms with E-state index in [0.717, 1.165) is 37.5 Å². The lowest BCUT2D eigenvalue weighted by molar-refractivity contribution is -0.104. The van der Waals surface area contributed by atoms with E-state index < -0.39 is 0 Å². The summed E-state index contributed by atoms with van der Waals surface area (Å²) < 4.78 is 0. The smallest absolute Gasteiger partial charge is 0.142 e. The van der Waals surface area contributed by atoms with E-state index in [9.17, 15) is 9.90 Å². The SMILES string of the molecule is C#C.C#C.C=C1CC2(C)C(C(=C)CO)CCC2C2CC/C(=C/C=O)C(C)(/C=C\C)C12. The molecule has 2 nitrogen and oxygen atoms in total. The summed E-state index contributed by atoms with van der Waals surface area (Å²) in [6.07, 6.45) is 28.7. The highest BCUT2D eigenvalue weighted by atomic mass is 16.3. The molecule has 0 amide bonds. The van der Waals surface area contributed by atoms with Gasteiger partial charge in [0, 0.05) is 5.41 Å². The van der Waals surface area contributed by atoms with Gasteiger partial charge < -0.3 is 5.11 Å². The molecule has 0 saturated heterocycles. The number of fused-ring (bicyclic) bond motifs is 3. The lowest BCUT2D eigenvalue weighted by Gasteiger charge is -2.57. The van der Waals surface area contributed by atoms with Gasteiger partial charge in [0.1, 0.15) is 6.29 Å². The van der Waals surface area contributed by atoms with Crippen LogP contribution in [-0.4, -0.2) is 18.0 Å². The number of hydrogen-bond donors (Lipinski definition) is 1. The van der Waals surface area contributed by atoms with Crippen molar-refractivity contribution in [1.29, 1.82) is 0 Å². The monoisotopic (exact) mass is 406 g/mol. The number of hydrogen-bond acceptors (Lipinski definition) is 2. The molecule has 0 spiro atoms. The van der Waals surface area contributed by atoms with E-state index in [1.807, 2.05) is 0 Å². The Bertz CT molecular complexity index is 743. The van der Waals surface area contributed by atoms with Gasteiger partial charge in [-0.3, -0.25) is 4.79 Å². The third-order valence-corrected chi connectivity index (χ3v) is 7.97. The second kappa shape index (κ2) is 10.7. The summed E-state index contributed by atoms with van der Waals surface area (Å²) in [7, 11) is 0. The fraction of sp³-hybridized carbons (Fsp3) is 0.536. The molecule has 3 aliphatic rings. The molecule has 6 unspecified atom stereocenters. The molecule has 0 heterocycles. The summed E-state index contributed by atoms with van der Waals surface area (Å²) in [5.41, 5.74) is 3.63. The van der Waals surface area contributed by atoms with Crippen molar-refractivity contribution in [3.8, 4) is 25.7 Å². The molecule has 6 atom stereocenters. The average Bonchev–Trinajstić information content (AvgIpc) is 3.09. The van der Waals surface area contributed by atoms with Crippen LogP contribution in [0.5, 0.6) is 0 Å². The van der Waals surface area contributed by atoms with Gasteiger partial charge in [-0.2, -0.15) is 0 Å². The van der Waals surface area contributed by atoms with Crippen molar-refractivity contribution >= 4 is 6.29 Å². The molecule has 0 aromatic heterocycles. The van der Waals surface area contributed by atoms with Crippen molar-refractivity contribution < 1.29 is 9.90 Å². The Morgan fingerprint density at radius 3 is 2.37 bits per heavy atom. The Labute approximate surface area is 184 Å². The number of aliphatic hydroxyl groups excluding tert-OH is 1. The molecule has 0 radical (unpaired) electrons. The highest BCUT2D eigenvalue weighted by Crippen LogP contribution is 2.67. The molecule has 0 aromatic rings. The highest BCUT2D eigenvalue weighted by molar-refractivity contribution is 5.67. The maximum absolute atomic E-state index is 11.2. The van der Waals surface area contributed by atoms with E-state index in [1.165, 1.54) is 17.6 Å². The second-order valence-electron chi connectivity index (χ2n) is 9.18. The third kappa shape index (κ3) is 4.12. The minimum absolute atomic E-state index is 0.0933. The minimum Gasteiger partial charge on any atom is -0.392 e. The number of carbonyl (C=O) groups is 1. The van der Waals surface area contributed by atoms with Crippen LogP contribution < -0.4 is 0 Å². The molecule has 162 valence electrons. The highest BCUT2D eigenvalue weighted by Gasteiger charge is 2.59. The Balaban J connectivity index is 0.00000106. The first-order chi connectivity index (χ1) is 14.3. The standard InChI is InChI=1S/C24H34O2.2C2H2/c1-6-12-23(4)18(11-13-25)7-8-19-21-10-9-20(17(3)15-26)24(21,5)14-16(2)22(19)23;2*1-2/h6,11-13,19-22,26H,2-3,7-10,14-15H2,1,4-5H3;2*1-2H/b12-6-,18-11-;;. The van der Waals surface area contributed by atoms with Crippen LogP contribution in [-0.2, 0) is 4.79 Å². The predicted octanol–water partition coefficient (Wildman–Crippen LogP) is 5.76. The van der Waals surface area contributed by atoms with Crippen LogP contribution in [0.1, 0.15) is 52.9 Å². The zero-order valence-corrected chi connectivity index (χ0v) is 18.9. The van der Waals surface area contributed by atoms with Crippen molar-refractivity contribution in [2.24, 2.45) is 34.5 Å². The van der Waals surface area contributed by atoms with Crippen LogP contribution in [0.15, 0.2) is 48.1 Å². The molecule has 3 aliphatic carbocycles. The van der Waals surface area contributed by atoms with E-state index in [4.69, 9.17) is 0 Å². The van der Waals surface area contributed by atoms with Gasteiger partial charge >= 0.3 is 0 Å². The van der Waals surface area contributed by atoms with Gasteiger partial charge in [0.15, 0.2) is 0 Å². The third-order valence-electron chi connectivity index (χ3n) is 7.97. The van der Waals surface area contributed by atoms with Gasteiger partial charge in [0.25, 0.3) is 0 Å². The second-order valence-corrected chi connectivity index (χ2v) is 9.18. The van der Waals surface area contributed by atoms with Crippen LogP contribution in [0.25, 0.3) is 0 Å². The van der Waals surface area contributed by atoms with E-state index in [2.05, 4.69) is 71.8 Å². The summed E-state index contributed by atoms with van der Waals surface area (Å²) in [5.74, 6) is 2.05. The average molecular weight is 407 g/mol. The summed E-state index contributed by atoms with van der Waals surface area (Å²) in [5, 5.41) is 9.67. The minimum atomic E-state index is -0.108. The van der Waals surface area contributed by atoms with Gasteiger partial charge in [-0.15, -0.1) is 25.7 Å². The van der Waals surface area contributed by atoms with Crippen molar-refractivity contribution in [2.45, 2.75) is 52.9 Å². The predicted molar refractivity (Wildman–Crippen MR) is 127 cm³/mol. The number of terminal acetylenes is 2. The fourth-order valence-electron chi connectivity index (χ4n) is 7.07. The maximum Gasteiger partial charge on any atom is 0.142 e. The Kier molecular flexibility index (Phi) is 9.14. The zero-order valence-electron chi connectivity index (χ0n) is 18.9. The topological polar surface area (TPSA) is 37.3 Å². The summed E-state index contributed by atoms with van der Waals surface area (Å²) in [6, 6.07) is 0. The van der Waals surface area contributed by atoms with Crippen molar-refractivity contribution in [1.82, 2.24) is 0 Å². The summed E-state index contributed by atoms with van der Waals surface area (Å²) >= 11 is 0. The van der Waals surface area contributed by atoms with Crippen LogP contribution in [0.4, 0.5) is 0 Å². The molecule has 0 bridgehead atoms. The molecular weight excluding hydrogens is 368 g/mol. The molecule has 30 heavy (non-hydrogen) atoms. The Morgan fingerprint density at radius 1 is 1.20 bits per heavy atom. The van der Waals surface area contributed by atoms with Crippen molar-refractivity contribution in [3.05, 3.63) is 48.1 Å². The number of aldehydes is 1. The normalized spacial score (nSPS) is 38.4. The molecule has 3 fully saturated rings. The molecule has 1 N–H and O–H groups in total. The van der Waals surface area contributed by atoms with E-state index in [-0.39, 0.29) is 17.4 Å². The quantitative estimate of drug-likeness (QED) is 0.279. The molecule has 0 aromatic carbocycles. The number of rotatable bonds is 4. The van der Waals surface area contributed by atoms with E-state index in [1.54, 1.807) is 6.08 Å². The number of allylic oxidation sites excluding steroid dienone is 5. The molecule has 3 saturated carbocycles. The van der Waals surface area contributed by atoms with Crippen LogP contribution >= 0.6 is 0 Å². The summed E-state index contributed by atoms with van der Waals surface area (Å²) in [4.78, 5) is 11.2. The Morgan fingerprint density at radius 2 is 1.83 bits per heavy atom. The van der Waals surface area contributed by atoms with Crippen molar-refractivity contribution in [2.75, 3.05) is 6.61 Å². The molecule has 0 aliphatic heterocycles. The number of aliphatic hydroxyl groups is 1. The number of carbonyl (C=O) groups excluding carboxylic acids is 1. The van der Waals surface area contributed by atoms with Crippen LogP contribution in [0.2, 0.25) is 0 Å². The van der Waals surface area contributed by atoms with Gasteiger partial charge in [-0.25, -0.2) is 0 Å². The molecule has 3 rings (SSSR count). The first-order valence-electron chi connectivity index (χ1n) is 10.7. The van der Waals surface area contributed by atoms with Gasteiger partial charge in [-0.1, -0.05) is 50.3 Å². The van der Waals surface area contributed by atoms with Gasteiger partial charge in [-0.05, 0) is 79.8 Å². The largest absolute Gasteiger partial charge is 0.392 e. The lowest BCUT2D eigenvalue weighted by atomic mass is 9.46. The fourth-order valence-corrected chi connectivity index (χ4v) is 7.07. The maximum atomic E-state index is 11.2. The van der Waals surface area contributed by atoms with Gasteiger partial charge in [0.2, 0.25) is 0 Å². The van der Waals surface area contributed by atoms with Crippen molar-refractivity contribution in [3.63, 3.8) is 0 Å². The zero-order chi connectivity index (χ0) is 23.1. The first kappa shape index (κ1) is 25.7. The lowest BCUT2D eigenvalue weighted by Crippen LogP contribution is -2.50.